The number of rotatable bonds is 4. The van der Waals surface area contributed by atoms with Crippen LogP contribution in [0.3, 0.4) is 0 Å². The highest BCUT2D eigenvalue weighted by molar-refractivity contribution is 6.33. The lowest BCUT2D eigenvalue weighted by Gasteiger charge is -2.35. The molecule has 0 saturated carbocycles. The van der Waals surface area contributed by atoms with Gasteiger partial charge in [0.2, 0.25) is 17.7 Å². The van der Waals surface area contributed by atoms with Crippen molar-refractivity contribution in [2.45, 2.75) is 38.6 Å². The average Bonchev–Trinajstić information content (AvgIpc) is 3.17. The number of benzene rings is 1. The summed E-state index contributed by atoms with van der Waals surface area (Å²) in [6.45, 7) is 4.25. The lowest BCUT2D eigenvalue weighted by atomic mass is 9.94. The second-order valence-corrected chi connectivity index (χ2v) is 7.82. The number of aromatic nitrogens is 2. The van der Waals surface area contributed by atoms with Gasteiger partial charge in [0, 0.05) is 19.0 Å². The number of amides is 1. The zero-order chi connectivity index (χ0) is 18.6. The fourth-order valence-electron chi connectivity index (χ4n) is 3.96. The predicted molar refractivity (Wildman–Crippen MR) is 103 cm³/mol. The van der Waals surface area contributed by atoms with E-state index in [-0.39, 0.29) is 5.92 Å². The van der Waals surface area contributed by atoms with Gasteiger partial charge in [-0.25, -0.2) is 0 Å². The smallest absolute Gasteiger partial charge is 0.249 e. The largest absolute Gasteiger partial charge is 0.419 e. The minimum absolute atomic E-state index is 0.167. The van der Waals surface area contributed by atoms with Gasteiger partial charge in [-0.15, -0.1) is 10.2 Å². The third kappa shape index (κ3) is 4.33. The first kappa shape index (κ1) is 18.4. The van der Waals surface area contributed by atoms with Crippen LogP contribution in [0.25, 0.3) is 11.5 Å². The lowest BCUT2D eigenvalue weighted by molar-refractivity contribution is -0.138. The summed E-state index contributed by atoms with van der Waals surface area (Å²) < 4.78 is 5.80. The maximum atomic E-state index is 12.7. The molecule has 1 aromatic carbocycles. The minimum atomic E-state index is 0.167. The highest BCUT2D eigenvalue weighted by Crippen LogP contribution is 2.27. The van der Waals surface area contributed by atoms with Crippen molar-refractivity contribution in [1.82, 2.24) is 20.0 Å². The van der Waals surface area contributed by atoms with E-state index in [1.54, 1.807) is 0 Å². The molecule has 3 heterocycles. The fourth-order valence-corrected chi connectivity index (χ4v) is 4.18. The molecule has 144 valence electrons. The number of nitrogens with zero attached hydrogens (tertiary/aromatic N) is 4. The number of piperidine rings is 2. The SMILES string of the molecule is O=C(C1CCN(Cc2nnc(-c3ccccc3Cl)o2)CC1)N1CCCCC1. The Balaban J connectivity index is 1.31. The molecule has 2 saturated heterocycles. The molecule has 0 atom stereocenters. The van der Waals surface area contributed by atoms with Crippen LogP contribution in [0.4, 0.5) is 0 Å². The van der Waals surface area contributed by atoms with Crippen molar-refractivity contribution in [1.29, 1.82) is 0 Å². The summed E-state index contributed by atoms with van der Waals surface area (Å²) in [5.41, 5.74) is 0.753. The van der Waals surface area contributed by atoms with Gasteiger partial charge < -0.3 is 9.32 Å². The Morgan fingerprint density at radius 3 is 2.56 bits per heavy atom. The molecule has 2 aliphatic heterocycles. The van der Waals surface area contributed by atoms with E-state index >= 15 is 0 Å². The molecular formula is C20H25ClN4O2. The van der Waals surface area contributed by atoms with Crippen LogP contribution in [0, 0.1) is 5.92 Å². The van der Waals surface area contributed by atoms with E-state index in [1.165, 1.54) is 6.42 Å². The van der Waals surface area contributed by atoms with Gasteiger partial charge in [-0.2, -0.15) is 0 Å². The third-order valence-electron chi connectivity index (χ3n) is 5.53. The maximum absolute atomic E-state index is 12.7. The average molecular weight is 389 g/mol. The van der Waals surface area contributed by atoms with Gasteiger partial charge in [-0.1, -0.05) is 23.7 Å². The second-order valence-electron chi connectivity index (χ2n) is 7.42. The number of likely N-dealkylation sites (tertiary alicyclic amines) is 2. The van der Waals surface area contributed by atoms with Gasteiger partial charge in [0.05, 0.1) is 17.1 Å². The summed E-state index contributed by atoms with van der Waals surface area (Å²) in [7, 11) is 0. The van der Waals surface area contributed by atoms with Gasteiger partial charge in [0.15, 0.2) is 0 Å². The van der Waals surface area contributed by atoms with Crippen LogP contribution >= 0.6 is 11.6 Å². The van der Waals surface area contributed by atoms with Crippen molar-refractivity contribution in [2.24, 2.45) is 5.92 Å². The summed E-state index contributed by atoms with van der Waals surface area (Å²) in [6, 6.07) is 7.45. The topological polar surface area (TPSA) is 62.5 Å². The van der Waals surface area contributed by atoms with Crippen LogP contribution < -0.4 is 0 Å². The van der Waals surface area contributed by atoms with Gasteiger partial charge in [-0.05, 0) is 57.3 Å². The second kappa shape index (κ2) is 8.40. The Kier molecular flexibility index (Phi) is 5.74. The standard InChI is InChI=1S/C20H25ClN4O2/c21-17-7-3-2-6-16(17)19-23-22-18(27-19)14-24-12-8-15(9-13-24)20(26)25-10-4-1-5-11-25/h2-3,6-7,15H,1,4-5,8-14H2. The molecule has 2 fully saturated rings. The first-order chi connectivity index (χ1) is 13.2. The van der Waals surface area contributed by atoms with Gasteiger partial charge in [0.1, 0.15) is 0 Å². The quantitative estimate of drug-likeness (QED) is 0.800. The van der Waals surface area contributed by atoms with Gasteiger partial charge >= 0.3 is 0 Å². The Hall–Kier alpha value is -1.92. The predicted octanol–water partition coefficient (Wildman–Crippen LogP) is 3.61. The van der Waals surface area contributed by atoms with E-state index in [2.05, 4.69) is 20.0 Å². The van der Waals surface area contributed by atoms with Crippen molar-refractivity contribution in [2.75, 3.05) is 26.2 Å². The number of hydrogen-bond donors (Lipinski definition) is 0. The third-order valence-corrected chi connectivity index (χ3v) is 5.86. The molecule has 4 rings (SSSR count). The Morgan fingerprint density at radius 2 is 1.81 bits per heavy atom. The van der Waals surface area contributed by atoms with E-state index in [9.17, 15) is 4.79 Å². The molecule has 1 aromatic heterocycles. The summed E-state index contributed by atoms with van der Waals surface area (Å²) in [6.07, 6.45) is 5.36. The lowest BCUT2D eigenvalue weighted by Crippen LogP contribution is -2.44. The minimum Gasteiger partial charge on any atom is -0.419 e. The first-order valence-corrected chi connectivity index (χ1v) is 10.2. The molecule has 0 aliphatic carbocycles. The number of halogens is 1. The molecule has 0 spiro atoms. The molecule has 27 heavy (non-hydrogen) atoms. The van der Waals surface area contributed by atoms with Crippen LogP contribution in [0.1, 0.15) is 38.0 Å². The highest BCUT2D eigenvalue weighted by Gasteiger charge is 2.29. The molecule has 1 amide bonds. The number of hydrogen-bond acceptors (Lipinski definition) is 5. The van der Waals surface area contributed by atoms with Crippen molar-refractivity contribution in [3.63, 3.8) is 0 Å². The molecule has 0 N–H and O–H groups in total. The van der Waals surface area contributed by atoms with Crippen LogP contribution in [-0.2, 0) is 11.3 Å². The first-order valence-electron chi connectivity index (χ1n) is 9.79. The molecule has 2 aliphatic rings. The number of carbonyl (C=O) groups excluding carboxylic acids is 1. The molecular weight excluding hydrogens is 364 g/mol. The zero-order valence-corrected chi connectivity index (χ0v) is 16.2. The molecule has 0 radical (unpaired) electrons. The van der Waals surface area contributed by atoms with E-state index in [1.807, 2.05) is 24.3 Å². The summed E-state index contributed by atoms with van der Waals surface area (Å²) in [5, 5.41) is 8.89. The maximum Gasteiger partial charge on any atom is 0.249 e. The van der Waals surface area contributed by atoms with Crippen LogP contribution in [0.15, 0.2) is 28.7 Å². The van der Waals surface area contributed by atoms with E-state index < -0.39 is 0 Å². The zero-order valence-electron chi connectivity index (χ0n) is 15.4. The monoisotopic (exact) mass is 388 g/mol. The molecule has 2 aromatic rings. The van der Waals surface area contributed by atoms with E-state index in [0.717, 1.165) is 57.4 Å². The molecule has 0 bridgehead atoms. The van der Waals surface area contributed by atoms with E-state index in [0.29, 0.717) is 29.3 Å². The fraction of sp³-hybridized carbons (Fsp3) is 0.550. The summed E-state index contributed by atoms with van der Waals surface area (Å²) in [5.74, 6) is 1.56. The van der Waals surface area contributed by atoms with Crippen molar-refractivity contribution >= 4 is 17.5 Å². The molecule has 7 heteroatoms. The van der Waals surface area contributed by atoms with Crippen LogP contribution in [0.5, 0.6) is 0 Å². The highest BCUT2D eigenvalue weighted by atomic mass is 35.5. The Bertz CT molecular complexity index is 780. The Morgan fingerprint density at radius 1 is 1.07 bits per heavy atom. The van der Waals surface area contributed by atoms with Gasteiger partial charge in [-0.3, -0.25) is 9.69 Å². The number of carbonyl (C=O) groups is 1. The van der Waals surface area contributed by atoms with Gasteiger partial charge in [0.25, 0.3) is 0 Å². The normalized spacial score (nSPS) is 19.4. The van der Waals surface area contributed by atoms with Crippen molar-refractivity contribution in [3.05, 3.63) is 35.2 Å². The van der Waals surface area contributed by atoms with Crippen LogP contribution in [0.2, 0.25) is 5.02 Å². The van der Waals surface area contributed by atoms with Crippen molar-refractivity contribution in [3.8, 4) is 11.5 Å². The van der Waals surface area contributed by atoms with Crippen molar-refractivity contribution < 1.29 is 9.21 Å². The van der Waals surface area contributed by atoms with Crippen LogP contribution in [-0.4, -0.2) is 52.1 Å². The van der Waals surface area contributed by atoms with E-state index in [4.69, 9.17) is 16.0 Å². The molecule has 0 unspecified atom stereocenters. The summed E-state index contributed by atoms with van der Waals surface area (Å²) >= 11 is 6.20. The molecule has 6 nitrogen and oxygen atoms in total. The summed E-state index contributed by atoms with van der Waals surface area (Å²) in [4.78, 5) is 17.0. The Labute approximate surface area is 164 Å².